The zero-order chi connectivity index (χ0) is 19.6. The Morgan fingerprint density at radius 3 is 2.58 bits per heavy atom. The number of benzene rings is 1. The van der Waals surface area contributed by atoms with E-state index >= 15 is 0 Å². The lowest BCUT2D eigenvalue weighted by atomic mass is 10.1. The topological polar surface area (TPSA) is 62.7 Å². The molecule has 0 aromatic heterocycles. The average molecular weight is 377 g/mol. The second kappa shape index (κ2) is 10.6. The number of carbonyl (C=O) groups is 1. The fraction of sp³-hybridized carbons (Fsp3) is 0.529. The number of nitrogens with zero attached hydrogens (tertiary/aromatic N) is 1. The van der Waals surface area contributed by atoms with E-state index in [4.69, 9.17) is 0 Å². The van der Waals surface area contributed by atoms with Gasteiger partial charge in [-0.05, 0) is 37.5 Å². The van der Waals surface area contributed by atoms with Gasteiger partial charge in [-0.15, -0.1) is 0 Å². The van der Waals surface area contributed by atoms with Crippen molar-refractivity contribution < 1.29 is 27.1 Å². The lowest BCUT2D eigenvalue weighted by Crippen LogP contribution is -2.37. The van der Waals surface area contributed by atoms with Crippen LogP contribution in [-0.2, 0) is 22.3 Å². The molecule has 0 saturated carbocycles. The molecule has 0 heterocycles. The summed E-state index contributed by atoms with van der Waals surface area (Å²) in [6.07, 6.45) is -3.05. The van der Waals surface area contributed by atoms with Gasteiger partial charge in [0.15, 0.2) is 5.96 Å². The molecule has 1 aromatic carbocycles. The van der Waals surface area contributed by atoms with Crippen molar-refractivity contribution in [3.05, 3.63) is 35.1 Å². The predicted octanol–water partition coefficient (Wildman–Crippen LogP) is 3.24. The molecule has 0 aliphatic rings. The van der Waals surface area contributed by atoms with Crippen LogP contribution in [0.3, 0.4) is 0 Å². The highest BCUT2D eigenvalue weighted by molar-refractivity contribution is 5.79. The molecule has 1 rings (SSSR count). The van der Waals surface area contributed by atoms with E-state index in [1.165, 1.54) is 7.11 Å². The number of carbonyl (C=O) groups excluding carboxylic acids is 1. The quantitative estimate of drug-likeness (QED) is 0.240. The SMILES string of the molecule is CCNC(=NCc1ccc(F)cc1C(F)(F)F)NCCCCC(=O)OC. The smallest absolute Gasteiger partial charge is 0.416 e. The van der Waals surface area contributed by atoms with Crippen LogP contribution >= 0.6 is 0 Å². The third-order valence-corrected chi connectivity index (χ3v) is 3.46. The number of aliphatic imine (C=N–C) groups is 1. The molecule has 0 atom stereocenters. The van der Waals surface area contributed by atoms with Crippen LogP contribution in [0.5, 0.6) is 0 Å². The van der Waals surface area contributed by atoms with Gasteiger partial charge in [0, 0.05) is 19.5 Å². The fourth-order valence-corrected chi connectivity index (χ4v) is 2.16. The third-order valence-electron chi connectivity index (χ3n) is 3.46. The maximum Gasteiger partial charge on any atom is 0.416 e. The molecule has 5 nitrogen and oxygen atoms in total. The van der Waals surface area contributed by atoms with E-state index in [0.29, 0.717) is 44.4 Å². The summed E-state index contributed by atoms with van der Waals surface area (Å²) in [6.45, 7) is 2.61. The van der Waals surface area contributed by atoms with Crippen LogP contribution in [0.15, 0.2) is 23.2 Å². The highest BCUT2D eigenvalue weighted by Gasteiger charge is 2.33. The summed E-state index contributed by atoms with van der Waals surface area (Å²) in [5.41, 5.74) is -1.14. The number of alkyl halides is 3. The molecule has 9 heteroatoms. The molecule has 0 unspecified atom stereocenters. The van der Waals surface area contributed by atoms with Gasteiger partial charge in [-0.3, -0.25) is 4.79 Å². The predicted molar refractivity (Wildman–Crippen MR) is 90.1 cm³/mol. The Morgan fingerprint density at radius 2 is 1.96 bits per heavy atom. The van der Waals surface area contributed by atoms with Crippen LogP contribution in [0.25, 0.3) is 0 Å². The minimum atomic E-state index is -4.65. The zero-order valence-electron chi connectivity index (χ0n) is 14.8. The molecular weight excluding hydrogens is 354 g/mol. The van der Waals surface area contributed by atoms with Crippen molar-refractivity contribution in [3.63, 3.8) is 0 Å². The third kappa shape index (κ3) is 7.71. The summed E-state index contributed by atoms with van der Waals surface area (Å²) < 4.78 is 56.7. The summed E-state index contributed by atoms with van der Waals surface area (Å²) in [6, 6.07) is 2.53. The molecule has 0 fully saturated rings. The number of esters is 1. The van der Waals surface area contributed by atoms with Crippen molar-refractivity contribution in [2.75, 3.05) is 20.2 Å². The van der Waals surface area contributed by atoms with Gasteiger partial charge in [0.2, 0.25) is 0 Å². The number of hydrogen-bond donors (Lipinski definition) is 2. The monoisotopic (exact) mass is 377 g/mol. The van der Waals surface area contributed by atoms with Gasteiger partial charge < -0.3 is 15.4 Å². The lowest BCUT2D eigenvalue weighted by molar-refractivity contribution is -0.141. The molecule has 0 aliphatic heterocycles. The van der Waals surface area contributed by atoms with E-state index in [1.54, 1.807) is 0 Å². The largest absolute Gasteiger partial charge is 0.469 e. The van der Waals surface area contributed by atoms with Crippen LogP contribution in [0.2, 0.25) is 0 Å². The van der Waals surface area contributed by atoms with Crippen molar-refractivity contribution in [2.45, 2.75) is 38.9 Å². The molecule has 0 spiro atoms. The van der Waals surface area contributed by atoms with Gasteiger partial charge in [0.05, 0.1) is 19.2 Å². The number of rotatable bonds is 8. The Bertz CT molecular complexity index is 619. The summed E-state index contributed by atoms with van der Waals surface area (Å²) >= 11 is 0. The highest BCUT2D eigenvalue weighted by Crippen LogP contribution is 2.32. The maximum absolute atomic E-state index is 13.1. The lowest BCUT2D eigenvalue weighted by Gasteiger charge is -2.14. The summed E-state index contributed by atoms with van der Waals surface area (Å²) in [5.74, 6) is -0.884. The van der Waals surface area contributed by atoms with Crippen LogP contribution in [0, 0.1) is 5.82 Å². The number of methoxy groups -OCH3 is 1. The van der Waals surface area contributed by atoms with E-state index < -0.39 is 17.6 Å². The number of ether oxygens (including phenoxy) is 1. The first kappa shape index (κ1) is 21.7. The number of unbranched alkanes of at least 4 members (excludes halogenated alkanes) is 1. The zero-order valence-corrected chi connectivity index (χ0v) is 14.8. The van der Waals surface area contributed by atoms with Crippen molar-refractivity contribution in [1.29, 1.82) is 0 Å². The maximum atomic E-state index is 13.1. The van der Waals surface area contributed by atoms with Gasteiger partial charge >= 0.3 is 12.1 Å². The number of hydrogen-bond acceptors (Lipinski definition) is 3. The van der Waals surface area contributed by atoms with Gasteiger partial charge in [-0.25, -0.2) is 9.38 Å². The van der Waals surface area contributed by atoms with Crippen molar-refractivity contribution in [1.82, 2.24) is 10.6 Å². The van der Waals surface area contributed by atoms with Crippen LogP contribution in [0.4, 0.5) is 17.6 Å². The number of nitrogens with one attached hydrogen (secondary N) is 2. The Balaban J connectivity index is 2.68. The molecule has 1 aromatic rings. The van der Waals surface area contributed by atoms with E-state index in [-0.39, 0.29) is 18.1 Å². The Labute approximate surface area is 149 Å². The first-order valence-corrected chi connectivity index (χ1v) is 8.22. The second-order valence-corrected chi connectivity index (χ2v) is 5.45. The normalized spacial score (nSPS) is 12.0. The van der Waals surface area contributed by atoms with E-state index in [1.807, 2.05) is 6.92 Å². The molecule has 0 radical (unpaired) electrons. The minimum Gasteiger partial charge on any atom is -0.469 e. The number of guanidine groups is 1. The minimum absolute atomic E-state index is 0.109. The Kier molecular flexibility index (Phi) is 8.87. The Morgan fingerprint density at radius 1 is 1.23 bits per heavy atom. The molecular formula is C17H23F4N3O2. The standard InChI is InChI=1S/C17H23F4N3O2/c1-3-22-16(23-9-5-4-6-15(25)26-2)24-11-12-7-8-13(18)10-14(12)17(19,20)21/h7-8,10H,3-6,9,11H2,1-2H3,(H2,22,23,24). The summed E-state index contributed by atoms with van der Waals surface area (Å²) in [7, 11) is 1.32. The van der Waals surface area contributed by atoms with Crippen LogP contribution in [0.1, 0.15) is 37.3 Å². The van der Waals surface area contributed by atoms with Crippen LogP contribution < -0.4 is 10.6 Å². The van der Waals surface area contributed by atoms with Crippen molar-refractivity contribution in [3.8, 4) is 0 Å². The average Bonchev–Trinajstić information content (AvgIpc) is 2.58. The first-order valence-electron chi connectivity index (χ1n) is 8.22. The van der Waals surface area contributed by atoms with Gasteiger partial charge in [-0.2, -0.15) is 13.2 Å². The van der Waals surface area contributed by atoms with Gasteiger partial charge in [-0.1, -0.05) is 6.07 Å². The van der Waals surface area contributed by atoms with E-state index in [0.717, 1.165) is 12.1 Å². The molecule has 0 aliphatic carbocycles. The highest BCUT2D eigenvalue weighted by atomic mass is 19.4. The van der Waals surface area contributed by atoms with Gasteiger partial charge in [0.1, 0.15) is 5.82 Å². The van der Waals surface area contributed by atoms with Gasteiger partial charge in [0.25, 0.3) is 0 Å². The molecule has 2 N–H and O–H groups in total. The fourth-order valence-electron chi connectivity index (χ4n) is 2.16. The van der Waals surface area contributed by atoms with E-state index in [9.17, 15) is 22.4 Å². The molecule has 0 amide bonds. The van der Waals surface area contributed by atoms with Crippen LogP contribution in [-0.4, -0.2) is 32.1 Å². The first-order chi connectivity index (χ1) is 12.3. The number of halogens is 4. The van der Waals surface area contributed by atoms with Crippen molar-refractivity contribution >= 4 is 11.9 Å². The molecule has 0 bridgehead atoms. The molecule has 26 heavy (non-hydrogen) atoms. The van der Waals surface area contributed by atoms with E-state index in [2.05, 4.69) is 20.4 Å². The Hall–Kier alpha value is -2.32. The van der Waals surface area contributed by atoms with Crippen molar-refractivity contribution in [2.24, 2.45) is 4.99 Å². The summed E-state index contributed by atoms with van der Waals surface area (Å²) in [4.78, 5) is 15.1. The second-order valence-electron chi connectivity index (χ2n) is 5.45. The summed E-state index contributed by atoms with van der Waals surface area (Å²) in [5, 5.41) is 5.91. The molecule has 146 valence electrons. The molecule has 0 saturated heterocycles.